The number of pyridine rings is 1. The summed E-state index contributed by atoms with van der Waals surface area (Å²) in [4.78, 5) is 16.7. The maximum Gasteiger partial charge on any atom is 0.257 e. The van der Waals surface area contributed by atoms with Crippen LogP contribution in [0.15, 0.2) is 60.9 Å². The monoisotopic (exact) mass is 331 g/mol. The highest BCUT2D eigenvalue weighted by Crippen LogP contribution is 2.19. The second-order valence-corrected chi connectivity index (χ2v) is 6.29. The van der Waals surface area contributed by atoms with E-state index in [9.17, 15) is 4.79 Å². The molecule has 1 aromatic heterocycles. The van der Waals surface area contributed by atoms with Gasteiger partial charge in [0.1, 0.15) is 0 Å². The lowest BCUT2D eigenvalue weighted by molar-refractivity contribution is 0.102. The molecule has 0 aliphatic rings. The molecule has 0 aliphatic heterocycles. The average Bonchev–Trinajstić information content (AvgIpc) is 2.54. The molecule has 126 valence electrons. The normalized spacial score (nSPS) is 10.4. The van der Waals surface area contributed by atoms with Crippen molar-refractivity contribution in [2.24, 2.45) is 0 Å². The first-order valence-electron chi connectivity index (χ1n) is 8.18. The molecule has 0 saturated carbocycles. The summed E-state index contributed by atoms with van der Waals surface area (Å²) in [6, 6.07) is 15.8. The van der Waals surface area contributed by atoms with Crippen LogP contribution in [0.25, 0.3) is 0 Å². The number of rotatable bonds is 4. The summed E-state index contributed by atoms with van der Waals surface area (Å²) in [7, 11) is 0. The largest absolute Gasteiger partial charge is 0.354 e. The zero-order valence-corrected chi connectivity index (χ0v) is 14.6. The Hall–Kier alpha value is -3.14. The van der Waals surface area contributed by atoms with E-state index in [1.54, 1.807) is 18.5 Å². The molecule has 0 unspecified atom stereocenters. The lowest BCUT2D eigenvalue weighted by Gasteiger charge is -2.10. The van der Waals surface area contributed by atoms with Crippen LogP contribution < -0.4 is 10.6 Å². The van der Waals surface area contributed by atoms with Crippen LogP contribution in [0.2, 0.25) is 0 Å². The molecule has 2 N–H and O–H groups in total. The Balaban J connectivity index is 1.77. The first-order chi connectivity index (χ1) is 12.0. The van der Waals surface area contributed by atoms with Crippen LogP contribution in [-0.4, -0.2) is 10.9 Å². The van der Waals surface area contributed by atoms with Gasteiger partial charge in [0.15, 0.2) is 0 Å². The van der Waals surface area contributed by atoms with Crippen molar-refractivity contribution in [2.75, 3.05) is 10.6 Å². The zero-order valence-electron chi connectivity index (χ0n) is 14.6. The quantitative estimate of drug-likeness (QED) is 0.707. The summed E-state index contributed by atoms with van der Waals surface area (Å²) in [6.45, 7) is 6.06. The molecular weight excluding hydrogens is 310 g/mol. The van der Waals surface area contributed by atoms with E-state index in [0.717, 1.165) is 28.2 Å². The van der Waals surface area contributed by atoms with Crippen LogP contribution in [0.1, 0.15) is 27.0 Å². The van der Waals surface area contributed by atoms with Gasteiger partial charge in [-0.1, -0.05) is 18.2 Å². The molecule has 1 heterocycles. The minimum atomic E-state index is -0.176. The molecule has 25 heavy (non-hydrogen) atoms. The molecular formula is C21H21N3O. The van der Waals surface area contributed by atoms with Gasteiger partial charge in [0.25, 0.3) is 5.91 Å². The third kappa shape index (κ3) is 4.44. The van der Waals surface area contributed by atoms with Crippen LogP contribution in [0.3, 0.4) is 0 Å². The second-order valence-electron chi connectivity index (χ2n) is 6.29. The third-order valence-corrected chi connectivity index (χ3v) is 3.79. The average molecular weight is 331 g/mol. The van der Waals surface area contributed by atoms with E-state index in [-0.39, 0.29) is 5.91 Å². The number of nitrogens with one attached hydrogen (secondary N) is 2. The summed E-state index contributed by atoms with van der Waals surface area (Å²) in [5.74, 6) is -0.176. The Bertz CT molecular complexity index is 898. The molecule has 0 atom stereocenters. The van der Waals surface area contributed by atoms with Crippen molar-refractivity contribution in [3.63, 3.8) is 0 Å². The smallest absolute Gasteiger partial charge is 0.257 e. The summed E-state index contributed by atoms with van der Waals surface area (Å²) >= 11 is 0. The van der Waals surface area contributed by atoms with E-state index in [1.807, 2.05) is 57.2 Å². The molecule has 2 aromatic carbocycles. The maximum atomic E-state index is 12.5. The fraction of sp³-hybridized carbons (Fsp3) is 0.143. The highest BCUT2D eigenvalue weighted by Gasteiger charge is 2.08. The number of nitrogens with zero attached hydrogens (tertiary/aromatic N) is 1. The van der Waals surface area contributed by atoms with Gasteiger partial charge in [-0.25, -0.2) is 0 Å². The summed E-state index contributed by atoms with van der Waals surface area (Å²) in [6.07, 6.45) is 3.27. The van der Waals surface area contributed by atoms with Crippen molar-refractivity contribution in [3.05, 3.63) is 83.2 Å². The number of carbonyl (C=O) groups is 1. The molecule has 4 heteroatoms. The standard InChI is InChI=1S/C21H21N3O/c1-14-5-4-6-18(8-14)23-20-11-17(12-22-13-20)21(25)24-19-9-15(2)7-16(3)10-19/h4-13,23H,1-3H3,(H,24,25). The van der Waals surface area contributed by atoms with Crippen molar-refractivity contribution in [3.8, 4) is 0 Å². The van der Waals surface area contributed by atoms with Crippen molar-refractivity contribution in [2.45, 2.75) is 20.8 Å². The van der Waals surface area contributed by atoms with E-state index in [2.05, 4.69) is 21.7 Å². The predicted molar refractivity (Wildman–Crippen MR) is 103 cm³/mol. The molecule has 0 saturated heterocycles. The number of benzene rings is 2. The van der Waals surface area contributed by atoms with E-state index in [4.69, 9.17) is 0 Å². The van der Waals surface area contributed by atoms with Crippen molar-refractivity contribution >= 4 is 23.0 Å². The molecule has 1 amide bonds. The predicted octanol–water partition coefficient (Wildman–Crippen LogP) is 5.00. The molecule has 0 fully saturated rings. The number of aromatic nitrogens is 1. The number of carbonyl (C=O) groups excluding carboxylic acids is 1. The van der Waals surface area contributed by atoms with Crippen LogP contribution in [0.4, 0.5) is 17.1 Å². The molecule has 0 aliphatic carbocycles. The second kappa shape index (κ2) is 7.18. The maximum absolute atomic E-state index is 12.5. The van der Waals surface area contributed by atoms with E-state index in [0.29, 0.717) is 5.56 Å². The van der Waals surface area contributed by atoms with Gasteiger partial charge in [-0.15, -0.1) is 0 Å². The first-order valence-corrected chi connectivity index (χ1v) is 8.18. The number of amides is 1. The van der Waals surface area contributed by atoms with Crippen molar-refractivity contribution < 1.29 is 4.79 Å². The van der Waals surface area contributed by atoms with Gasteiger partial charge < -0.3 is 10.6 Å². The molecule has 4 nitrogen and oxygen atoms in total. The Morgan fingerprint density at radius 2 is 1.52 bits per heavy atom. The van der Waals surface area contributed by atoms with Gasteiger partial charge in [0.05, 0.1) is 17.4 Å². The number of hydrogen-bond donors (Lipinski definition) is 2. The minimum Gasteiger partial charge on any atom is -0.354 e. The Labute approximate surface area is 147 Å². The Kier molecular flexibility index (Phi) is 4.80. The van der Waals surface area contributed by atoms with E-state index in [1.165, 1.54) is 5.56 Å². The van der Waals surface area contributed by atoms with Crippen LogP contribution in [0.5, 0.6) is 0 Å². The van der Waals surface area contributed by atoms with Gasteiger partial charge in [-0.05, 0) is 67.8 Å². The lowest BCUT2D eigenvalue weighted by atomic mass is 10.1. The Morgan fingerprint density at radius 3 is 2.24 bits per heavy atom. The van der Waals surface area contributed by atoms with Crippen LogP contribution in [-0.2, 0) is 0 Å². The molecule has 3 rings (SSSR count). The molecule has 0 bridgehead atoms. The fourth-order valence-electron chi connectivity index (χ4n) is 2.77. The molecule has 0 spiro atoms. The molecule has 3 aromatic rings. The zero-order chi connectivity index (χ0) is 17.8. The van der Waals surface area contributed by atoms with Gasteiger partial charge in [-0.2, -0.15) is 0 Å². The minimum absolute atomic E-state index is 0.176. The summed E-state index contributed by atoms with van der Waals surface area (Å²) < 4.78 is 0. The number of hydrogen-bond acceptors (Lipinski definition) is 3. The summed E-state index contributed by atoms with van der Waals surface area (Å²) in [5, 5.41) is 6.21. The first kappa shape index (κ1) is 16.7. The van der Waals surface area contributed by atoms with Gasteiger partial charge >= 0.3 is 0 Å². The van der Waals surface area contributed by atoms with Crippen molar-refractivity contribution in [1.82, 2.24) is 4.98 Å². The van der Waals surface area contributed by atoms with Crippen LogP contribution >= 0.6 is 0 Å². The van der Waals surface area contributed by atoms with E-state index >= 15 is 0 Å². The Morgan fingerprint density at radius 1 is 0.800 bits per heavy atom. The van der Waals surface area contributed by atoms with Gasteiger partial charge in [-0.3, -0.25) is 9.78 Å². The third-order valence-electron chi connectivity index (χ3n) is 3.79. The van der Waals surface area contributed by atoms with E-state index < -0.39 is 0 Å². The molecule has 0 radical (unpaired) electrons. The van der Waals surface area contributed by atoms with Crippen molar-refractivity contribution in [1.29, 1.82) is 0 Å². The van der Waals surface area contributed by atoms with Gasteiger partial charge in [0, 0.05) is 17.6 Å². The van der Waals surface area contributed by atoms with Crippen LogP contribution in [0, 0.1) is 20.8 Å². The number of aryl methyl sites for hydroxylation is 3. The highest BCUT2D eigenvalue weighted by atomic mass is 16.1. The fourth-order valence-corrected chi connectivity index (χ4v) is 2.77. The highest BCUT2D eigenvalue weighted by molar-refractivity contribution is 6.04. The topological polar surface area (TPSA) is 54.0 Å². The summed E-state index contributed by atoms with van der Waals surface area (Å²) in [5.41, 5.74) is 6.44. The number of anilines is 3. The van der Waals surface area contributed by atoms with Gasteiger partial charge in [0.2, 0.25) is 0 Å². The SMILES string of the molecule is Cc1cc(C)cc(NC(=O)c2cncc(Nc3cccc(C)c3)c2)c1. The lowest BCUT2D eigenvalue weighted by Crippen LogP contribution is -2.12.